The summed E-state index contributed by atoms with van der Waals surface area (Å²) in [5.74, 6) is 0.654. The lowest BCUT2D eigenvalue weighted by Gasteiger charge is -2.34. The van der Waals surface area contributed by atoms with Gasteiger partial charge in [0.25, 0.3) is 5.91 Å². The molecule has 0 saturated carbocycles. The van der Waals surface area contributed by atoms with Gasteiger partial charge in [-0.15, -0.1) is 0 Å². The minimum Gasteiger partial charge on any atom is -0.357 e. The van der Waals surface area contributed by atoms with Gasteiger partial charge in [0.2, 0.25) is 0 Å². The van der Waals surface area contributed by atoms with Crippen molar-refractivity contribution in [2.75, 3.05) is 6.54 Å². The number of aryl methyl sites for hydroxylation is 1. The molecule has 4 rings (SSSR count). The Bertz CT molecular complexity index is 919. The molecule has 0 aliphatic carbocycles. The molecule has 0 bridgehead atoms. The van der Waals surface area contributed by atoms with Crippen molar-refractivity contribution < 1.29 is 4.79 Å². The van der Waals surface area contributed by atoms with Crippen molar-refractivity contribution in [1.82, 2.24) is 24.8 Å². The third-order valence-corrected chi connectivity index (χ3v) is 4.73. The number of pyridine rings is 1. The predicted molar refractivity (Wildman–Crippen MR) is 93.9 cm³/mol. The van der Waals surface area contributed by atoms with Crippen LogP contribution in [0.25, 0.3) is 11.5 Å². The molecular weight excluding hydrogens is 314 g/mol. The minimum absolute atomic E-state index is 0.0226. The Morgan fingerprint density at radius 3 is 2.88 bits per heavy atom. The molecule has 126 valence electrons. The Kier molecular flexibility index (Phi) is 3.80. The van der Waals surface area contributed by atoms with Crippen molar-refractivity contribution in [3.63, 3.8) is 0 Å². The number of aromatic amines is 1. The van der Waals surface area contributed by atoms with Crippen LogP contribution in [0.5, 0.6) is 0 Å². The average molecular weight is 333 g/mol. The van der Waals surface area contributed by atoms with E-state index in [1.165, 1.54) is 0 Å². The number of carbonyl (C=O) groups is 1. The van der Waals surface area contributed by atoms with Crippen molar-refractivity contribution in [3.05, 3.63) is 65.4 Å². The number of carbonyl (C=O) groups excluding carboxylic acids is 1. The number of nitrogens with one attached hydrogen (secondary N) is 1. The molecule has 3 aromatic rings. The highest BCUT2D eigenvalue weighted by Gasteiger charge is 2.30. The number of aromatic nitrogens is 4. The van der Waals surface area contributed by atoms with Gasteiger partial charge in [0.05, 0.1) is 11.7 Å². The summed E-state index contributed by atoms with van der Waals surface area (Å²) in [4.78, 5) is 31.2. The van der Waals surface area contributed by atoms with Crippen LogP contribution in [0.1, 0.15) is 40.3 Å². The Hall–Kier alpha value is -3.02. The smallest absolute Gasteiger partial charge is 0.271 e. The Morgan fingerprint density at radius 2 is 2.16 bits per heavy atom. The van der Waals surface area contributed by atoms with Crippen LogP contribution in [0.3, 0.4) is 0 Å². The second kappa shape index (κ2) is 6.12. The molecule has 0 aromatic carbocycles. The van der Waals surface area contributed by atoms with Crippen molar-refractivity contribution in [1.29, 1.82) is 0 Å². The van der Waals surface area contributed by atoms with Gasteiger partial charge in [-0.1, -0.05) is 6.07 Å². The Balaban J connectivity index is 1.64. The second-order valence-corrected chi connectivity index (χ2v) is 6.27. The third-order valence-electron chi connectivity index (χ3n) is 4.73. The summed E-state index contributed by atoms with van der Waals surface area (Å²) >= 11 is 0. The fraction of sp³-hybridized carbons (Fsp3) is 0.263. The number of amides is 1. The first-order valence-electron chi connectivity index (χ1n) is 8.37. The number of hydrogen-bond acceptors (Lipinski definition) is 4. The maximum atomic E-state index is 12.8. The van der Waals surface area contributed by atoms with Crippen LogP contribution in [-0.4, -0.2) is 37.3 Å². The van der Waals surface area contributed by atoms with Gasteiger partial charge in [-0.25, -0.2) is 9.97 Å². The highest BCUT2D eigenvalue weighted by molar-refractivity contribution is 5.94. The van der Waals surface area contributed by atoms with Gasteiger partial charge in [-0.05, 0) is 37.6 Å². The van der Waals surface area contributed by atoms with E-state index < -0.39 is 0 Å². The summed E-state index contributed by atoms with van der Waals surface area (Å²) in [5.41, 5.74) is 4.38. The van der Waals surface area contributed by atoms with E-state index in [4.69, 9.17) is 0 Å². The first-order valence-corrected chi connectivity index (χ1v) is 8.37. The molecule has 0 radical (unpaired) electrons. The summed E-state index contributed by atoms with van der Waals surface area (Å²) in [6, 6.07) is 7.55. The first kappa shape index (κ1) is 15.5. The van der Waals surface area contributed by atoms with E-state index in [0.29, 0.717) is 24.5 Å². The van der Waals surface area contributed by atoms with Crippen LogP contribution >= 0.6 is 0 Å². The summed E-state index contributed by atoms with van der Waals surface area (Å²) in [5, 5.41) is 0. The number of hydrogen-bond donors (Lipinski definition) is 1. The lowest BCUT2D eigenvalue weighted by molar-refractivity contribution is 0.0669. The number of H-pyrrole nitrogens is 1. The molecule has 0 spiro atoms. The fourth-order valence-electron chi connectivity index (χ4n) is 3.28. The van der Waals surface area contributed by atoms with Gasteiger partial charge in [-0.3, -0.25) is 9.78 Å². The summed E-state index contributed by atoms with van der Waals surface area (Å²) in [6.45, 7) is 4.61. The van der Waals surface area contributed by atoms with Gasteiger partial charge < -0.3 is 9.88 Å². The quantitative estimate of drug-likeness (QED) is 0.782. The second-order valence-electron chi connectivity index (χ2n) is 6.27. The van der Waals surface area contributed by atoms with Crippen LogP contribution in [-0.2, 0) is 6.42 Å². The lowest BCUT2D eigenvalue weighted by Crippen LogP contribution is -2.39. The maximum absolute atomic E-state index is 12.8. The SMILES string of the molecule is Cc1cc[nH]c1C(=O)N1CCc2nc(-c3ccccn3)ncc2C1C. The van der Waals surface area contributed by atoms with Crippen LogP contribution in [0.4, 0.5) is 0 Å². The predicted octanol–water partition coefficient (Wildman–Crippen LogP) is 2.93. The molecule has 1 aliphatic heterocycles. The molecule has 0 fully saturated rings. The van der Waals surface area contributed by atoms with Crippen molar-refractivity contribution in [3.8, 4) is 11.5 Å². The summed E-state index contributed by atoms with van der Waals surface area (Å²) in [7, 11) is 0. The van der Waals surface area contributed by atoms with E-state index in [9.17, 15) is 4.79 Å². The van der Waals surface area contributed by atoms with E-state index in [2.05, 4.69) is 19.9 Å². The topological polar surface area (TPSA) is 74.8 Å². The molecule has 1 unspecified atom stereocenters. The Morgan fingerprint density at radius 1 is 1.28 bits per heavy atom. The average Bonchev–Trinajstić information content (AvgIpc) is 3.08. The molecule has 1 N–H and O–H groups in total. The molecule has 6 nitrogen and oxygen atoms in total. The van der Waals surface area contributed by atoms with Gasteiger partial charge in [0.1, 0.15) is 11.4 Å². The molecule has 3 aromatic heterocycles. The van der Waals surface area contributed by atoms with E-state index in [-0.39, 0.29) is 11.9 Å². The number of nitrogens with zero attached hydrogens (tertiary/aromatic N) is 4. The van der Waals surface area contributed by atoms with Gasteiger partial charge >= 0.3 is 0 Å². The molecular formula is C19H19N5O. The third kappa shape index (κ3) is 2.69. The number of fused-ring (bicyclic) bond motifs is 1. The highest BCUT2D eigenvalue weighted by atomic mass is 16.2. The molecule has 0 saturated heterocycles. The van der Waals surface area contributed by atoms with Crippen molar-refractivity contribution in [2.45, 2.75) is 26.3 Å². The monoisotopic (exact) mass is 333 g/mol. The summed E-state index contributed by atoms with van der Waals surface area (Å²) in [6.07, 6.45) is 6.08. The zero-order valence-electron chi connectivity index (χ0n) is 14.2. The normalized spacial score (nSPS) is 16.6. The van der Waals surface area contributed by atoms with Gasteiger partial charge in [0.15, 0.2) is 5.82 Å². The van der Waals surface area contributed by atoms with Crippen LogP contribution < -0.4 is 0 Å². The van der Waals surface area contributed by atoms with Crippen LogP contribution in [0.15, 0.2) is 42.9 Å². The zero-order chi connectivity index (χ0) is 17.4. The van der Waals surface area contributed by atoms with Gasteiger partial charge in [0, 0.05) is 37.1 Å². The zero-order valence-corrected chi connectivity index (χ0v) is 14.2. The largest absolute Gasteiger partial charge is 0.357 e. The van der Waals surface area contributed by atoms with E-state index in [0.717, 1.165) is 22.5 Å². The fourth-order valence-corrected chi connectivity index (χ4v) is 3.28. The standard InChI is InChI=1S/C19H19N5O/c1-12-6-9-21-17(12)19(25)24-10-7-15-14(13(24)2)11-22-18(23-15)16-5-3-4-8-20-16/h3-6,8-9,11,13,21H,7,10H2,1-2H3. The first-order chi connectivity index (χ1) is 12.1. The van der Waals surface area contributed by atoms with E-state index >= 15 is 0 Å². The minimum atomic E-state index is -0.0586. The molecule has 4 heterocycles. The van der Waals surface area contributed by atoms with E-state index in [1.54, 1.807) is 12.4 Å². The molecule has 25 heavy (non-hydrogen) atoms. The van der Waals surface area contributed by atoms with Crippen molar-refractivity contribution >= 4 is 5.91 Å². The maximum Gasteiger partial charge on any atom is 0.271 e. The van der Waals surface area contributed by atoms with Crippen molar-refractivity contribution in [2.24, 2.45) is 0 Å². The highest BCUT2D eigenvalue weighted by Crippen LogP contribution is 2.30. The molecule has 6 heteroatoms. The van der Waals surface area contributed by atoms with Crippen LogP contribution in [0, 0.1) is 6.92 Å². The lowest BCUT2D eigenvalue weighted by atomic mass is 9.98. The van der Waals surface area contributed by atoms with Gasteiger partial charge in [-0.2, -0.15) is 0 Å². The Labute approximate surface area is 146 Å². The summed E-state index contributed by atoms with van der Waals surface area (Å²) < 4.78 is 0. The molecule has 1 aliphatic rings. The number of rotatable bonds is 2. The van der Waals surface area contributed by atoms with E-state index in [1.807, 2.05) is 49.2 Å². The molecule has 1 amide bonds. The molecule has 1 atom stereocenters. The van der Waals surface area contributed by atoms with Crippen LogP contribution in [0.2, 0.25) is 0 Å².